The summed E-state index contributed by atoms with van der Waals surface area (Å²) in [4.78, 5) is 51.4. The smallest absolute Gasteiger partial charge is 0.271 e. The molecule has 0 fully saturated rings. The van der Waals surface area contributed by atoms with Crippen LogP contribution in [0.15, 0.2) is 60.8 Å². The van der Waals surface area contributed by atoms with Crippen LogP contribution in [0.2, 0.25) is 0 Å². The van der Waals surface area contributed by atoms with Gasteiger partial charge in [0.15, 0.2) is 11.6 Å². The SMILES string of the molecule is CSCC[C@@H]1NC(=O)CCCN(C(=O)c2cc(-c3ccccn3)n[nH]2)CCn2nc(-c3ccccc3)nc2[C@@H](C(C)C)NC1=O. The molecule has 3 amide bonds. The highest BCUT2D eigenvalue weighted by Crippen LogP contribution is 2.25. The Morgan fingerprint density at radius 2 is 1.82 bits per heavy atom. The molecule has 0 saturated carbocycles. The van der Waals surface area contributed by atoms with Gasteiger partial charge in [0.1, 0.15) is 17.4 Å². The van der Waals surface area contributed by atoms with E-state index in [0.717, 1.165) is 5.56 Å². The molecule has 4 heterocycles. The summed E-state index contributed by atoms with van der Waals surface area (Å²) in [6, 6.07) is 15.7. The normalized spacial score (nSPS) is 18.2. The predicted molar refractivity (Wildman–Crippen MR) is 173 cm³/mol. The fourth-order valence-corrected chi connectivity index (χ4v) is 5.69. The summed E-state index contributed by atoms with van der Waals surface area (Å²) in [6.07, 6.45) is 4.74. The molecule has 1 aromatic carbocycles. The van der Waals surface area contributed by atoms with Crippen LogP contribution in [0.4, 0.5) is 0 Å². The van der Waals surface area contributed by atoms with Crippen molar-refractivity contribution >= 4 is 29.5 Å². The van der Waals surface area contributed by atoms with Crippen molar-refractivity contribution in [2.75, 3.05) is 25.1 Å². The number of amides is 3. The van der Waals surface area contributed by atoms with Crippen molar-refractivity contribution in [3.8, 4) is 22.8 Å². The fraction of sp³-hybridized carbons (Fsp3) is 0.406. The number of aromatic amines is 1. The van der Waals surface area contributed by atoms with Crippen LogP contribution in [0.3, 0.4) is 0 Å². The molecule has 45 heavy (non-hydrogen) atoms. The summed E-state index contributed by atoms with van der Waals surface area (Å²) >= 11 is 1.62. The summed E-state index contributed by atoms with van der Waals surface area (Å²) < 4.78 is 1.79. The number of aromatic nitrogens is 6. The van der Waals surface area contributed by atoms with Crippen molar-refractivity contribution in [1.29, 1.82) is 0 Å². The zero-order chi connectivity index (χ0) is 31.8. The van der Waals surface area contributed by atoms with Crippen LogP contribution in [-0.4, -0.2) is 83.7 Å². The van der Waals surface area contributed by atoms with E-state index in [1.54, 1.807) is 33.6 Å². The first-order chi connectivity index (χ1) is 21.8. The first kappa shape index (κ1) is 31.9. The van der Waals surface area contributed by atoms with Gasteiger partial charge < -0.3 is 15.5 Å². The lowest BCUT2D eigenvalue weighted by molar-refractivity contribution is -0.129. The summed E-state index contributed by atoms with van der Waals surface area (Å²) in [6.45, 7) is 4.99. The molecule has 13 heteroatoms. The Labute approximate surface area is 266 Å². The number of thioether (sulfide) groups is 1. The Bertz CT molecular complexity index is 1590. The second kappa shape index (κ2) is 15.0. The highest BCUT2D eigenvalue weighted by atomic mass is 32.2. The van der Waals surface area contributed by atoms with Crippen LogP contribution < -0.4 is 10.6 Å². The van der Waals surface area contributed by atoms with Gasteiger partial charge in [0, 0.05) is 31.3 Å². The molecule has 3 N–H and O–H groups in total. The van der Waals surface area contributed by atoms with Crippen LogP contribution >= 0.6 is 11.8 Å². The van der Waals surface area contributed by atoms with E-state index in [-0.39, 0.29) is 30.1 Å². The number of carbonyl (C=O) groups is 3. The molecular weight excluding hydrogens is 590 g/mol. The van der Waals surface area contributed by atoms with E-state index in [2.05, 4.69) is 25.8 Å². The summed E-state index contributed by atoms with van der Waals surface area (Å²) in [5.41, 5.74) is 2.40. The van der Waals surface area contributed by atoms with Gasteiger partial charge in [-0.1, -0.05) is 50.2 Å². The van der Waals surface area contributed by atoms with Crippen molar-refractivity contribution in [2.45, 2.75) is 51.7 Å². The molecule has 4 aromatic rings. The van der Waals surface area contributed by atoms with Crippen LogP contribution in [0.25, 0.3) is 22.8 Å². The highest BCUT2D eigenvalue weighted by molar-refractivity contribution is 7.98. The zero-order valence-electron chi connectivity index (χ0n) is 25.8. The van der Waals surface area contributed by atoms with Gasteiger partial charge >= 0.3 is 0 Å². The quantitative estimate of drug-likeness (QED) is 0.280. The standard InChI is InChI=1S/C32H39N9O3S/c1-21(2)28-30-36-29(22-10-5-4-6-11-22)39-41(30)18-17-40(16-9-13-27(42)34-24(14-19-45-3)31(43)35-28)32(44)26-20-25(37-38-26)23-12-7-8-15-33-23/h4-8,10-12,15,20-21,24,28H,9,13-14,16-19H2,1-3H3,(H,34,42)(H,35,43)(H,37,38)/t24-,28+/m0/s1. The van der Waals surface area contributed by atoms with Gasteiger partial charge in [-0.15, -0.1) is 0 Å². The lowest BCUT2D eigenvalue weighted by Crippen LogP contribution is -2.49. The third-order valence-electron chi connectivity index (χ3n) is 7.67. The minimum atomic E-state index is -0.688. The van der Waals surface area contributed by atoms with Crippen LogP contribution in [0.1, 0.15) is 55.5 Å². The molecule has 1 aliphatic heterocycles. The first-order valence-corrected chi connectivity index (χ1v) is 16.6. The number of H-pyrrole nitrogens is 1. The molecule has 0 spiro atoms. The molecule has 3 aromatic heterocycles. The number of fused-ring (bicyclic) bond motifs is 1. The maximum Gasteiger partial charge on any atom is 0.271 e. The molecule has 0 aliphatic carbocycles. The van der Waals surface area contributed by atoms with Crippen molar-refractivity contribution in [3.05, 3.63) is 72.3 Å². The number of hydrogen-bond donors (Lipinski definition) is 3. The van der Waals surface area contributed by atoms with E-state index >= 15 is 0 Å². The topological polar surface area (TPSA) is 151 Å². The second-order valence-corrected chi connectivity index (χ2v) is 12.3. The minimum Gasteiger partial charge on any atom is -0.344 e. The summed E-state index contributed by atoms with van der Waals surface area (Å²) in [5, 5.41) is 18.1. The maximum atomic E-state index is 13.8. The Morgan fingerprint density at radius 1 is 1.02 bits per heavy atom. The van der Waals surface area contributed by atoms with Crippen LogP contribution in [0.5, 0.6) is 0 Å². The minimum absolute atomic E-state index is 0.0296. The fourth-order valence-electron chi connectivity index (χ4n) is 5.22. The van der Waals surface area contributed by atoms with Crippen molar-refractivity contribution in [3.63, 3.8) is 0 Å². The van der Waals surface area contributed by atoms with Crippen molar-refractivity contribution < 1.29 is 14.4 Å². The first-order valence-electron chi connectivity index (χ1n) is 15.2. The molecule has 0 bridgehead atoms. The van der Waals surface area contributed by atoms with E-state index < -0.39 is 12.1 Å². The lowest BCUT2D eigenvalue weighted by atomic mass is 10.0. The van der Waals surface area contributed by atoms with E-state index in [4.69, 9.17) is 10.1 Å². The highest BCUT2D eigenvalue weighted by Gasteiger charge is 2.30. The molecule has 5 rings (SSSR count). The predicted octanol–water partition coefficient (Wildman–Crippen LogP) is 3.72. The third-order valence-corrected chi connectivity index (χ3v) is 8.32. The van der Waals surface area contributed by atoms with E-state index in [1.165, 1.54) is 0 Å². The van der Waals surface area contributed by atoms with Gasteiger partial charge in [0.25, 0.3) is 5.91 Å². The second-order valence-electron chi connectivity index (χ2n) is 11.3. The molecule has 2 atom stereocenters. The molecule has 1 aliphatic rings. The summed E-state index contributed by atoms with van der Waals surface area (Å²) in [7, 11) is 0. The number of hydrogen-bond acceptors (Lipinski definition) is 8. The molecule has 12 nitrogen and oxygen atoms in total. The van der Waals surface area contributed by atoms with Crippen molar-refractivity contribution in [2.24, 2.45) is 5.92 Å². The van der Waals surface area contributed by atoms with Crippen LogP contribution in [-0.2, 0) is 16.1 Å². The average molecular weight is 630 g/mol. The van der Waals surface area contributed by atoms with Crippen molar-refractivity contribution in [1.82, 2.24) is 45.5 Å². The molecule has 0 unspecified atom stereocenters. The largest absolute Gasteiger partial charge is 0.344 e. The third kappa shape index (κ3) is 7.96. The molecular formula is C32H39N9O3S. The van der Waals surface area contributed by atoms with Gasteiger partial charge in [0.2, 0.25) is 11.8 Å². The zero-order valence-corrected chi connectivity index (χ0v) is 26.6. The van der Waals surface area contributed by atoms with Gasteiger partial charge in [0.05, 0.1) is 18.3 Å². The Hall–Kier alpha value is -4.52. The molecule has 0 saturated heterocycles. The number of rotatable bonds is 7. The number of carbonyl (C=O) groups excluding carboxylic acids is 3. The molecule has 0 radical (unpaired) electrons. The number of nitrogens with zero attached hydrogens (tertiary/aromatic N) is 6. The number of nitrogens with one attached hydrogen (secondary N) is 3. The Balaban J connectivity index is 1.49. The van der Waals surface area contributed by atoms with E-state index in [9.17, 15) is 14.4 Å². The Morgan fingerprint density at radius 3 is 2.56 bits per heavy atom. The van der Waals surface area contributed by atoms with E-state index in [0.29, 0.717) is 67.0 Å². The lowest BCUT2D eigenvalue weighted by Gasteiger charge is -2.27. The van der Waals surface area contributed by atoms with Crippen LogP contribution in [0, 0.1) is 5.92 Å². The maximum absolute atomic E-state index is 13.8. The summed E-state index contributed by atoms with van der Waals surface area (Å²) in [5.74, 6) is 1.10. The number of pyridine rings is 1. The van der Waals surface area contributed by atoms with Gasteiger partial charge in [-0.05, 0) is 49.0 Å². The van der Waals surface area contributed by atoms with E-state index in [1.807, 2.05) is 68.6 Å². The average Bonchev–Trinajstić information content (AvgIpc) is 3.72. The number of benzene rings is 1. The van der Waals surface area contributed by atoms with Gasteiger partial charge in [-0.2, -0.15) is 22.0 Å². The van der Waals surface area contributed by atoms with Gasteiger partial charge in [-0.25, -0.2) is 9.67 Å². The molecule has 236 valence electrons. The monoisotopic (exact) mass is 629 g/mol. The Kier molecular flexibility index (Phi) is 10.6. The van der Waals surface area contributed by atoms with Gasteiger partial charge in [-0.3, -0.25) is 24.5 Å².